The predicted octanol–water partition coefficient (Wildman–Crippen LogP) is 2.50. The summed E-state index contributed by atoms with van der Waals surface area (Å²) in [4.78, 5) is 15.6. The van der Waals surface area contributed by atoms with E-state index in [9.17, 15) is 4.79 Å². The molecule has 5 nitrogen and oxygen atoms in total. The van der Waals surface area contributed by atoms with E-state index in [1.807, 2.05) is 18.5 Å². The first-order chi connectivity index (χ1) is 9.79. The number of fused-ring (bicyclic) bond motifs is 1. The third-order valence-corrected chi connectivity index (χ3v) is 3.92. The Morgan fingerprint density at radius 1 is 1.55 bits per heavy atom. The standard InChI is InChI=1S/C15H20N4O/c1-2-4-12-11(7-8-16-12)15(20)18-13-6-3-5-10-9-17-19-14(10)13/h7-9,13,16H,2-6H2,1H3,(H,17,19)(H,18,20). The summed E-state index contributed by atoms with van der Waals surface area (Å²) < 4.78 is 0. The van der Waals surface area contributed by atoms with Crippen LogP contribution in [-0.2, 0) is 12.8 Å². The maximum Gasteiger partial charge on any atom is 0.253 e. The summed E-state index contributed by atoms with van der Waals surface area (Å²) in [6.07, 6.45) is 8.73. The smallest absolute Gasteiger partial charge is 0.253 e. The number of aryl methyl sites for hydroxylation is 2. The van der Waals surface area contributed by atoms with Gasteiger partial charge in [-0.1, -0.05) is 13.3 Å². The molecule has 0 saturated heterocycles. The molecule has 0 saturated carbocycles. The van der Waals surface area contributed by atoms with Crippen molar-refractivity contribution in [1.29, 1.82) is 0 Å². The lowest BCUT2D eigenvalue weighted by Crippen LogP contribution is -2.31. The number of nitrogens with zero attached hydrogens (tertiary/aromatic N) is 1. The molecule has 1 aliphatic carbocycles. The van der Waals surface area contributed by atoms with Gasteiger partial charge in [-0.3, -0.25) is 9.89 Å². The summed E-state index contributed by atoms with van der Waals surface area (Å²) >= 11 is 0. The molecule has 0 radical (unpaired) electrons. The van der Waals surface area contributed by atoms with E-state index in [1.165, 1.54) is 5.56 Å². The van der Waals surface area contributed by atoms with E-state index in [1.54, 1.807) is 0 Å². The minimum absolute atomic E-state index is 0.00199. The van der Waals surface area contributed by atoms with Gasteiger partial charge in [0.2, 0.25) is 0 Å². The molecular weight excluding hydrogens is 252 g/mol. The molecule has 2 aromatic rings. The van der Waals surface area contributed by atoms with Crippen molar-refractivity contribution in [3.63, 3.8) is 0 Å². The van der Waals surface area contributed by atoms with E-state index < -0.39 is 0 Å². The molecule has 106 valence electrons. The first-order valence-corrected chi connectivity index (χ1v) is 7.29. The topological polar surface area (TPSA) is 73.6 Å². The summed E-state index contributed by atoms with van der Waals surface area (Å²) in [6, 6.07) is 1.91. The molecule has 0 aromatic carbocycles. The highest BCUT2D eigenvalue weighted by Crippen LogP contribution is 2.28. The van der Waals surface area contributed by atoms with E-state index in [0.29, 0.717) is 0 Å². The quantitative estimate of drug-likeness (QED) is 0.800. The van der Waals surface area contributed by atoms with Gasteiger partial charge in [0.15, 0.2) is 0 Å². The van der Waals surface area contributed by atoms with Crippen molar-refractivity contribution >= 4 is 5.91 Å². The lowest BCUT2D eigenvalue weighted by molar-refractivity contribution is 0.0931. The maximum atomic E-state index is 12.4. The fraction of sp³-hybridized carbons (Fsp3) is 0.467. The highest BCUT2D eigenvalue weighted by molar-refractivity contribution is 5.95. The molecule has 0 spiro atoms. The van der Waals surface area contributed by atoms with Gasteiger partial charge >= 0.3 is 0 Å². The molecule has 20 heavy (non-hydrogen) atoms. The molecule has 2 aromatic heterocycles. The molecule has 0 aliphatic heterocycles. The second kappa shape index (κ2) is 5.53. The van der Waals surface area contributed by atoms with Crippen molar-refractivity contribution in [1.82, 2.24) is 20.5 Å². The van der Waals surface area contributed by atoms with Crippen LogP contribution in [0.25, 0.3) is 0 Å². The van der Waals surface area contributed by atoms with Crippen molar-refractivity contribution in [2.24, 2.45) is 0 Å². The third kappa shape index (κ3) is 2.35. The monoisotopic (exact) mass is 272 g/mol. The van der Waals surface area contributed by atoms with Gasteiger partial charge in [0, 0.05) is 11.9 Å². The number of rotatable bonds is 4. The van der Waals surface area contributed by atoms with Crippen molar-refractivity contribution in [2.45, 2.75) is 45.1 Å². The van der Waals surface area contributed by atoms with Gasteiger partial charge in [-0.2, -0.15) is 5.10 Å². The van der Waals surface area contributed by atoms with Gasteiger partial charge < -0.3 is 10.3 Å². The molecular formula is C15H20N4O. The van der Waals surface area contributed by atoms with Crippen LogP contribution in [0.5, 0.6) is 0 Å². The fourth-order valence-corrected chi connectivity index (χ4v) is 2.92. The zero-order valence-corrected chi connectivity index (χ0v) is 11.7. The van der Waals surface area contributed by atoms with Crippen LogP contribution >= 0.6 is 0 Å². The molecule has 0 fully saturated rings. The average Bonchev–Trinajstić information content (AvgIpc) is 3.07. The largest absolute Gasteiger partial charge is 0.364 e. The van der Waals surface area contributed by atoms with Crippen LogP contribution in [0.1, 0.15) is 59.5 Å². The number of aromatic amines is 2. The van der Waals surface area contributed by atoms with E-state index in [-0.39, 0.29) is 11.9 Å². The van der Waals surface area contributed by atoms with Crippen LogP contribution < -0.4 is 5.32 Å². The Balaban J connectivity index is 1.76. The first kappa shape index (κ1) is 13.0. The number of hydrogen-bond acceptors (Lipinski definition) is 2. The summed E-state index contributed by atoms with van der Waals surface area (Å²) in [5.74, 6) is 0.00199. The van der Waals surface area contributed by atoms with Gasteiger partial charge in [0.1, 0.15) is 0 Å². The van der Waals surface area contributed by atoms with Gasteiger partial charge in [0.05, 0.1) is 23.5 Å². The number of carbonyl (C=O) groups excluding carboxylic acids is 1. The van der Waals surface area contributed by atoms with Crippen LogP contribution in [0.4, 0.5) is 0 Å². The van der Waals surface area contributed by atoms with E-state index in [2.05, 4.69) is 27.4 Å². The zero-order valence-electron chi connectivity index (χ0n) is 11.7. The summed E-state index contributed by atoms with van der Waals surface area (Å²) in [5.41, 5.74) is 4.07. The van der Waals surface area contributed by atoms with Gasteiger partial charge in [0.25, 0.3) is 5.91 Å². The zero-order chi connectivity index (χ0) is 13.9. The number of nitrogens with one attached hydrogen (secondary N) is 3. The maximum absolute atomic E-state index is 12.4. The van der Waals surface area contributed by atoms with Gasteiger partial charge in [-0.15, -0.1) is 0 Å². The molecule has 1 amide bonds. The Bertz CT molecular complexity index is 599. The molecule has 0 bridgehead atoms. The molecule has 1 unspecified atom stereocenters. The number of H-pyrrole nitrogens is 2. The molecule has 5 heteroatoms. The van der Waals surface area contributed by atoms with Crippen LogP contribution in [0.3, 0.4) is 0 Å². The summed E-state index contributed by atoms with van der Waals surface area (Å²) in [6.45, 7) is 2.11. The first-order valence-electron chi connectivity index (χ1n) is 7.29. The second-order valence-electron chi connectivity index (χ2n) is 5.35. The molecule has 3 N–H and O–H groups in total. The Labute approximate surface area is 118 Å². The highest BCUT2D eigenvalue weighted by Gasteiger charge is 2.24. The number of hydrogen-bond donors (Lipinski definition) is 3. The molecule has 1 atom stereocenters. The van der Waals surface area contributed by atoms with Crippen LogP contribution in [-0.4, -0.2) is 21.1 Å². The van der Waals surface area contributed by atoms with Crippen molar-refractivity contribution < 1.29 is 4.79 Å². The Morgan fingerprint density at radius 3 is 3.30 bits per heavy atom. The fourth-order valence-electron chi connectivity index (χ4n) is 2.92. The number of amides is 1. The Hall–Kier alpha value is -2.04. The summed E-state index contributed by atoms with van der Waals surface area (Å²) in [5, 5.41) is 10.2. The van der Waals surface area contributed by atoms with Crippen LogP contribution in [0.15, 0.2) is 18.5 Å². The highest BCUT2D eigenvalue weighted by atomic mass is 16.1. The number of aromatic nitrogens is 3. The lowest BCUT2D eigenvalue weighted by Gasteiger charge is -2.23. The minimum atomic E-state index is 0.00199. The van der Waals surface area contributed by atoms with E-state index in [0.717, 1.165) is 49.1 Å². The normalized spacial score (nSPS) is 17.8. The molecule has 3 rings (SSSR count). The minimum Gasteiger partial charge on any atom is -0.364 e. The van der Waals surface area contributed by atoms with Gasteiger partial charge in [-0.05, 0) is 37.3 Å². The van der Waals surface area contributed by atoms with Crippen LogP contribution in [0.2, 0.25) is 0 Å². The lowest BCUT2D eigenvalue weighted by atomic mass is 9.93. The van der Waals surface area contributed by atoms with Crippen molar-refractivity contribution in [2.75, 3.05) is 0 Å². The van der Waals surface area contributed by atoms with E-state index >= 15 is 0 Å². The predicted molar refractivity (Wildman–Crippen MR) is 76.5 cm³/mol. The van der Waals surface area contributed by atoms with Gasteiger partial charge in [-0.25, -0.2) is 0 Å². The molecule has 1 aliphatic rings. The Morgan fingerprint density at radius 2 is 2.45 bits per heavy atom. The summed E-state index contributed by atoms with van der Waals surface area (Å²) in [7, 11) is 0. The van der Waals surface area contributed by atoms with Crippen LogP contribution in [0, 0.1) is 0 Å². The third-order valence-electron chi connectivity index (χ3n) is 3.92. The number of carbonyl (C=O) groups is 1. The SMILES string of the molecule is CCCc1[nH]ccc1C(=O)NC1CCCc2cn[nH]c21. The van der Waals surface area contributed by atoms with E-state index in [4.69, 9.17) is 0 Å². The van der Waals surface area contributed by atoms with Crippen molar-refractivity contribution in [3.05, 3.63) is 41.0 Å². The molecule has 2 heterocycles. The second-order valence-corrected chi connectivity index (χ2v) is 5.35. The Kier molecular flexibility index (Phi) is 3.58. The average molecular weight is 272 g/mol. The van der Waals surface area contributed by atoms with Crippen molar-refractivity contribution in [3.8, 4) is 0 Å².